The summed E-state index contributed by atoms with van der Waals surface area (Å²) in [7, 11) is 0. The maximum atomic E-state index is 5.14. The van der Waals surface area contributed by atoms with Crippen LogP contribution >= 0.6 is 11.6 Å². The Morgan fingerprint density at radius 2 is 1.83 bits per heavy atom. The van der Waals surface area contributed by atoms with Gasteiger partial charge in [0.05, 0.1) is 4.53 Å². The van der Waals surface area contributed by atoms with Crippen LogP contribution < -0.4 is 0 Å². The van der Waals surface area contributed by atoms with Crippen molar-refractivity contribution in [3.63, 3.8) is 0 Å². The molecule has 1 aromatic rings. The Hall–Kier alpha value is -1.28. The van der Waals surface area contributed by atoms with Gasteiger partial charge in [0.1, 0.15) is 6.26 Å². The van der Waals surface area contributed by atoms with Crippen LogP contribution in [0.4, 0.5) is 0 Å². The smallest absolute Gasteiger partial charge is 0.108 e. The van der Waals surface area contributed by atoms with Gasteiger partial charge >= 0.3 is 0 Å². The third kappa shape index (κ3) is 0.630. The fourth-order valence-electron chi connectivity index (χ4n) is 1.55. The van der Waals surface area contributed by atoms with Gasteiger partial charge < -0.3 is 3.85 Å². The third-order valence-electron chi connectivity index (χ3n) is 2.13. The van der Waals surface area contributed by atoms with Gasteiger partial charge in [-0.15, -0.1) is 0 Å². The summed E-state index contributed by atoms with van der Waals surface area (Å²) in [6, 6.07) is 10.4. The molecule has 0 saturated heterocycles. The molecule has 0 unspecified atom stereocenters. The average molecular weight is 174 g/mol. The Labute approximate surface area is 73.1 Å². The van der Waals surface area contributed by atoms with Gasteiger partial charge in [-0.25, -0.2) is 0 Å². The fourth-order valence-corrected chi connectivity index (χ4v) is 2.29. The lowest BCUT2D eigenvalue weighted by Gasteiger charge is -2.03. The monoisotopic (exact) mass is 174 g/mol. The first-order chi connectivity index (χ1) is 5.97. The zero-order valence-corrected chi connectivity index (χ0v) is 7.10. The first-order valence-electron chi connectivity index (χ1n) is 3.81. The normalized spacial score (nSPS) is 11.3. The van der Waals surface area contributed by atoms with Crippen molar-refractivity contribution in [1.82, 2.24) is 0 Å². The Kier molecular flexibility index (Phi) is 1.10. The summed E-state index contributed by atoms with van der Waals surface area (Å²) in [6.45, 7) is 0. The Morgan fingerprint density at radius 1 is 1.00 bits per heavy atom. The van der Waals surface area contributed by atoms with Gasteiger partial charge in [0.15, 0.2) is 0 Å². The predicted octanol–water partition coefficient (Wildman–Crippen LogP) is 3.22. The molecule has 0 radical (unpaired) electrons. The molecule has 2 aliphatic rings. The minimum atomic E-state index is 1.27. The van der Waals surface area contributed by atoms with Gasteiger partial charge in [0, 0.05) is 22.2 Å². The molecule has 0 N–H and O–H groups in total. The molecule has 1 nitrogen and oxygen atoms in total. The second-order valence-electron chi connectivity index (χ2n) is 2.77. The zero-order chi connectivity index (χ0) is 7.97. The van der Waals surface area contributed by atoms with Crippen LogP contribution in [0.15, 0.2) is 40.4 Å². The lowest BCUT2D eigenvalue weighted by Crippen LogP contribution is -1.83. The van der Waals surface area contributed by atoms with Gasteiger partial charge in [0.25, 0.3) is 0 Å². The van der Waals surface area contributed by atoms with Gasteiger partial charge in [-0.3, -0.25) is 0 Å². The highest BCUT2D eigenvalue weighted by Gasteiger charge is 2.04. The molecule has 2 heteroatoms. The van der Waals surface area contributed by atoms with Crippen LogP contribution in [0.3, 0.4) is 0 Å². The number of fused-ring (bicyclic) bond motifs is 3. The molecule has 0 bridgehead atoms. The predicted molar refractivity (Wildman–Crippen MR) is 49.4 cm³/mol. The number of hydrogen-bond acceptors (Lipinski definition) is 2. The molecule has 0 atom stereocenters. The molecule has 58 valence electrons. The van der Waals surface area contributed by atoms with E-state index in [1.54, 1.807) is 6.26 Å². The number of hydrogen-bond donors (Lipinski definition) is 0. The van der Waals surface area contributed by atoms with Crippen LogP contribution in [0.5, 0.6) is 0 Å². The van der Waals surface area contributed by atoms with Crippen LogP contribution in [0.1, 0.15) is 0 Å². The molecule has 1 aliphatic carbocycles. The second kappa shape index (κ2) is 2.11. The summed E-state index contributed by atoms with van der Waals surface area (Å²) in [4.78, 5) is 0. The van der Waals surface area contributed by atoms with E-state index in [1.165, 1.54) is 32.2 Å². The highest BCUT2D eigenvalue weighted by molar-refractivity contribution is 7.01. The molecule has 12 heavy (non-hydrogen) atoms. The molecule has 0 aromatic heterocycles. The van der Waals surface area contributed by atoms with Crippen molar-refractivity contribution in [2.24, 2.45) is 0 Å². The van der Waals surface area contributed by atoms with Crippen LogP contribution in [0, 0.1) is 9.75 Å². The molecule has 1 aromatic carbocycles. The quantitative estimate of drug-likeness (QED) is 0.510. The summed E-state index contributed by atoms with van der Waals surface area (Å²) in [5.41, 5.74) is 0. The van der Waals surface area contributed by atoms with Crippen LogP contribution in [-0.4, -0.2) is 0 Å². The fraction of sp³-hybridized carbons (Fsp3) is 0. The van der Waals surface area contributed by atoms with E-state index >= 15 is 0 Å². The van der Waals surface area contributed by atoms with Gasteiger partial charge in [0.2, 0.25) is 0 Å². The first-order valence-corrected chi connectivity index (χ1v) is 4.55. The first kappa shape index (κ1) is 6.26. The van der Waals surface area contributed by atoms with E-state index < -0.39 is 0 Å². The molecule has 0 saturated carbocycles. The molecular formula is C10H6OS. The lowest BCUT2D eigenvalue weighted by atomic mass is 10.1. The summed E-state index contributed by atoms with van der Waals surface area (Å²) in [5.74, 6) is 0. The molecule has 1 aliphatic heterocycles. The lowest BCUT2D eigenvalue weighted by molar-refractivity contribution is 0.680. The van der Waals surface area contributed by atoms with Crippen molar-refractivity contribution < 1.29 is 3.85 Å². The molecule has 1 heterocycles. The van der Waals surface area contributed by atoms with Crippen molar-refractivity contribution in [3.05, 3.63) is 46.3 Å². The highest BCUT2D eigenvalue weighted by atomic mass is 32.1. The third-order valence-corrected chi connectivity index (χ3v) is 2.94. The van der Waals surface area contributed by atoms with Crippen molar-refractivity contribution in [2.75, 3.05) is 0 Å². The van der Waals surface area contributed by atoms with E-state index in [4.69, 9.17) is 3.85 Å². The standard InChI is InChI=1S/C10H6OS/c1-2-4-8-7(3-1)9-5-6-11-12-10(8)9/h1-6H. The molecule has 0 amide bonds. The Morgan fingerprint density at radius 3 is 2.75 bits per heavy atom. The van der Waals surface area contributed by atoms with Gasteiger partial charge in [-0.05, 0) is 11.5 Å². The zero-order valence-electron chi connectivity index (χ0n) is 6.28. The van der Waals surface area contributed by atoms with E-state index in [9.17, 15) is 0 Å². The van der Waals surface area contributed by atoms with Crippen LogP contribution in [-0.2, 0) is 0 Å². The highest BCUT2D eigenvalue weighted by Crippen LogP contribution is 2.25. The minimum absolute atomic E-state index is 1.27. The van der Waals surface area contributed by atoms with E-state index in [0.717, 1.165) is 0 Å². The van der Waals surface area contributed by atoms with Gasteiger partial charge in [-0.1, -0.05) is 24.3 Å². The Balaban J connectivity index is 2.69. The minimum Gasteiger partial charge on any atom is -0.409 e. The summed E-state index contributed by atoms with van der Waals surface area (Å²) in [6.07, 6.45) is 1.74. The summed E-state index contributed by atoms with van der Waals surface area (Å²) in [5, 5.41) is 3.99. The largest absolute Gasteiger partial charge is 0.409 e. The topological polar surface area (TPSA) is 13.1 Å². The van der Waals surface area contributed by atoms with Crippen molar-refractivity contribution in [3.8, 4) is 0 Å². The molecule has 3 rings (SSSR count). The van der Waals surface area contributed by atoms with Crippen molar-refractivity contribution >= 4 is 22.4 Å². The SMILES string of the molecule is c1ccc2c3soccc=3c2c1. The van der Waals surface area contributed by atoms with Crippen LogP contribution in [0.2, 0.25) is 0 Å². The van der Waals surface area contributed by atoms with E-state index in [-0.39, 0.29) is 0 Å². The van der Waals surface area contributed by atoms with E-state index in [1.807, 2.05) is 6.07 Å². The maximum absolute atomic E-state index is 5.14. The van der Waals surface area contributed by atoms with E-state index in [0.29, 0.717) is 0 Å². The second-order valence-corrected chi connectivity index (χ2v) is 3.54. The maximum Gasteiger partial charge on any atom is 0.108 e. The Bertz CT molecular complexity index is 524. The molecule has 0 spiro atoms. The summed E-state index contributed by atoms with van der Waals surface area (Å²) >= 11 is 1.45. The average Bonchev–Trinajstić information content (AvgIpc) is 2.14. The number of benzene rings is 1. The number of rotatable bonds is 0. The summed E-state index contributed by atoms with van der Waals surface area (Å²) < 4.78 is 6.41. The van der Waals surface area contributed by atoms with Crippen molar-refractivity contribution in [1.29, 1.82) is 0 Å². The molecular weight excluding hydrogens is 168 g/mol. The van der Waals surface area contributed by atoms with Gasteiger partial charge in [-0.2, -0.15) is 0 Å². The molecule has 0 fully saturated rings. The van der Waals surface area contributed by atoms with E-state index in [2.05, 4.69) is 24.3 Å². The van der Waals surface area contributed by atoms with Crippen molar-refractivity contribution in [2.45, 2.75) is 0 Å². The van der Waals surface area contributed by atoms with Crippen LogP contribution in [0.25, 0.3) is 10.8 Å².